The van der Waals surface area contributed by atoms with Gasteiger partial charge >= 0.3 is 5.69 Å². The number of nitrogens with one attached hydrogen (secondary N) is 2. The molecule has 0 spiro atoms. The van der Waals surface area contributed by atoms with E-state index in [1.54, 1.807) is 16.7 Å². The third-order valence-electron chi connectivity index (χ3n) is 5.67. The second kappa shape index (κ2) is 8.71. The fourth-order valence-corrected chi connectivity index (χ4v) is 3.96. The lowest BCUT2D eigenvalue weighted by Crippen LogP contribution is -2.29. The molecule has 2 aromatic heterocycles. The molecule has 2 heterocycles. The molecule has 11 nitrogen and oxygen atoms in total. The number of hydrogen-bond acceptors (Lipinski definition) is 7. The van der Waals surface area contributed by atoms with Crippen molar-refractivity contribution in [3.63, 3.8) is 0 Å². The quantitative estimate of drug-likeness (QED) is 0.223. The van der Waals surface area contributed by atoms with Gasteiger partial charge in [-0.2, -0.15) is 10.1 Å². The Morgan fingerprint density at radius 1 is 1.11 bits per heavy atom. The van der Waals surface area contributed by atoms with Crippen molar-refractivity contribution in [3.05, 3.63) is 109 Å². The van der Waals surface area contributed by atoms with E-state index in [2.05, 4.69) is 20.5 Å². The fraction of sp³-hybridized carbons (Fsp3) is 0.0833. The van der Waals surface area contributed by atoms with Gasteiger partial charge in [0.1, 0.15) is 0 Å². The van der Waals surface area contributed by atoms with Gasteiger partial charge in [0, 0.05) is 24.7 Å². The van der Waals surface area contributed by atoms with Crippen LogP contribution in [0.4, 0.5) is 11.6 Å². The number of nitro groups is 1. The zero-order valence-corrected chi connectivity index (χ0v) is 18.5. The lowest BCUT2D eigenvalue weighted by atomic mass is 10.0. The number of anilines is 1. The molecule has 2 N–H and O–H groups in total. The number of non-ortho nitro benzene ring substituents is 1. The Labute approximate surface area is 197 Å². The van der Waals surface area contributed by atoms with Gasteiger partial charge in [0.15, 0.2) is 11.2 Å². The van der Waals surface area contributed by atoms with E-state index in [0.717, 1.165) is 16.3 Å². The molecule has 174 valence electrons. The lowest BCUT2D eigenvalue weighted by Gasteiger charge is -2.11. The molecule has 0 fully saturated rings. The van der Waals surface area contributed by atoms with E-state index >= 15 is 0 Å². The minimum absolute atomic E-state index is 0.0568. The average Bonchev–Trinajstić information content (AvgIpc) is 3.22. The molecule has 35 heavy (non-hydrogen) atoms. The molecular formula is C24H19N7O4. The summed E-state index contributed by atoms with van der Waals surface area (Å²) in [6.07, 6.45) is 1.41. The number of aromatic amines is 1. The Bertz CT molecular complexity index is 1740. The van der Waals surface area contributed by atoms with Crippen LogP contribution in [0, 0.1) is 10.1 Å². The molecule has 0 radical (unpaired) electrons. The van der Waals surface area contributed by atoms with Crippen LogP contribution in [-0.2, 0) is 13.6 Å². The number of rotatable bonds is 6. The van der Waals surface area contributed by atoms with Crippen molar-refractivity contribution >= 4 is 39.8 Å². The molecule has 11 heteroatoms. The second-order valence-corrected chi connectivity index (χ2v) is 7.87. The largest absolute Gasteiger partial charge is 0.329 e. The first-order chi connectivity index (χ1) is 16.9. The van der Waals surface area contributed by atoms with Gasteiger partial charge < -0.3 is 0 Å². The predicted octanol–water partition coefficient (Wildman–Crippen LogP) is 2.98. The topological polar surface area (TPSA) is 140 Å². The van der Waals surface area contributed by atoms with E-state index in [-0.39, 0.29) is 29.3 Å². The maximum absolute atomic E-state index is 12.8. The molecule has 3 aromatic carbocycles. The third-order valence-corrected chi connectivity index (χ3v) is 5.67. The lowest BCUT2D eigenvalue weighted by molar-refractivity contribution is -0.384. The fourth-order valence-electron chi connectivity index (χ4n) is 3.96. The number of nitrogens with zero attached hydrogens (tertiary/aromatic N) is 5. The van der Waals surface area contributed by atoms with E-state index < -0.39 is 16.2 Å². The molecule has 0 bridgehead atoms. The van der Waals surface area contributed by atoms with Crippen LogP contribution in [0.15, 0.2) is 81.4 Å². The molecule has 0 saturated heterocycles. The van der Waals surface area contributed by atoms with Crippen LogP contribution in [0.25, 0.3) is 21.9 Å². The van der Waals surface area contributed by atoms with Crippen LogP contribution in [0.2, 0.25) is 0 Å². The zero-order valence-electron chi connectivity index (χ0n) is 18.5. The van der Waals surface area contributed by atoms with Gasteiger partial charge in [-0.1, -0.05) is 54.6 Å². The van der Waals surface area contributed by atoms with Gasteiger partial charge in [0.2, 0.25) is 5.95 Å². The molecule has 0 aliphatic carbocycles. The summed E-state index contributed by atoms with van der Waals surface area (Å²) in [4.78, 5) is 42.2. The van der Waals surface area contributed by atoms with Crippen LogP contribution in [0.1, 0.15) is 11.1 Å². The Hall–Kier alpha value is -5.06. The van der Waals surface area contributed by atoms with Crippen LogP contribution in [0.3, 0.4) is 0 Å². The third kappa shape index (κ3) is 4.06. The van der Waals surface area contributed by atoms with Gasteiger partial charge in [-0.15, -0.1) is 0 Å². The van der Waals surface area contributed by atoms with Gasteiger partial charge in [0.25, 0.3) is 11.2 Å². The predicted molar refractivity (Wildman–Crippen MR) is 133 cm³/mol. The van der Waals surface area contributed by atoms with Crippen molar-refractivity contribution in [2.75, 3.05) is 5.43 Å². The number of fused-ring (bicyclic) bond motifs is 2. The normalized spacial score (nSPS) is 11.5. The molecule has 0 aliphatic heterocycles. The summed E-state index contributed by atoms with van der Waals surface area (Å²) in [5, 5.41) is 17.3. The molecule has 0 amide bonds. The number of H-pyrrole nitrogens is 1. The summed E-state index contributed by atoms with van der Waals surface area (Å²) in [5.74, 6) is 0.237. The number of aromatic nitrogens is 4. The number of imidazole rings is 1. The minimum Gasteiger partial charge on any atom is -0.298 e. The molecule has 5 rings (SSSR count). The van der Waals surface area contributed by atoms with Crippen molar-refractivity contribution in [3.8, 4) is 0 Å². The first-order valence-corrected chi connectivity index (χ1v) is 10.6. The summed E-state index contributed by atoms with van der Waals surface area (Å²) in [6, 6.07) is 19.8. The van der Waals surface area contributed by atoms with E-state index in [4.69, 9.17) is 0 Å². The Balaban J connectivity index is 1.60. The Morgan fingerprint density at radius 3 is 2.71 bits per heavy atom. The highest BCUT2D eigenvalue weighted by atomic mass is 16.6. The maximum Gasteiger partial charge on any atom is 0.329 e. The summed E-state index contributed by atoms with van der Waals surface area (Å²) in [5.41, 5.74) is 3.50. The molecule has 0 unspecified atom stereocenters. The molecule has 0 atom stereocenters. The second-order valence-electron chi connectivity index (χ2n) is 7.87. The van der Waals surface area contributed by atoms with Gasteiger partial charge in [-0.3, -0.25) is 29.0 Å². The molecular weight excluding hydrogens is 450 g/mol. The smallest absolute Gasteiger partial charge is 0.298 e. The number of hydrogen-bond donors (Lipinski definition) is 2. The van der Waals surface area contributed by atoms with Crippen LogP contribution < -0.4 is 16.7 Å². The van der Waals surface area contributed by atoms with Crippen molar-refractivity contribution in [2.45, 2.75) is 6.54 Å². The highest BCUT2D eigenvalue weighted by Crippen LogP contribution is 2.23. The van der Waals surface area contributed by atoms with Crippen LogP contribution in [-0.4, -0.2) is 30.2 Å². The number of nitro benzene ring substituents is 1. The number of aryl methyl sites for hydroxylation is 1. The monoisotopic (exact) mass is 469 g/mol. The van der Waals surface area contributed by atoms with Crippen molar-refractivity contribution < 1.29 is 4.92 Å². The highest BCUT2D eigenvalue weighted by Gasteiger charge is 2.18. The number of benzene rings is 3. The highest BCUT2D eigenvalue weighted by molar-refractivity contribution is 5.86. The number of hydrazone groups is 1. The summed E-state index contributed by atoms with van der Waals surface area (Å²) >= 11 is 0. The maximum atomic E-state index is 12.8. The molecule has 5 aromatic rings. The van der Waals surface area contributed by atoms with E-state index in [0.29, 0.717) is 5.56 Å². The van der Waals surface area contributed by atoms with Crippen LogP contribution in [0.5, 0.6) is 0 Å². The van der Waals surface area contributed by atoms with Crippen LogP contribution >= 0.6 is 0 Å². The average molecular weight is 469 g/mol. The SMILES string of the molecule is Cn1c(=O)[nH]c(=O)c2c1nc(NN=Cc1cccc([N+](=O)[O-])c1)n2Cc1cccc2ccccc12. The standard InChI is InChI=1S/C24H19N7O4/c1-29-21-20(22(32)27-24(29)33)30(14-17-9-5-8-16-7-2-3-11-19(16)17)23(26-21)28-25-13-15-6-4-10-18(12-15)31(34)35/h2-13H,14H2,1H3,(H,26,28)(H,27,32,33). The summed E-state index contributed by atoms with van der Waals surface area (Å²) in [7, 11) is 1.52. The van der Waals surface area contributed by atoms with Crippen molar-refractivity contribution in [2.24, 2.45) is 12.1 Å². The van der Waals surface area contributed by atoms with Gasteiger partial charge in [-0.05, 0) is 16.3 Å². The van der Waals surface area contributed by atoms with E-state index in [9.17, 15) is 19.7 Å². The zero-order chi connectivity index (χ0) is 24.5. The molecule has 0 aliphatic rings. The summed E-state index contributed by atoms with van der Waals surface area (Å²) in [6.45, 7) is 0.286. The van der Waals surface area contributed by atoms with E-state index in [1.807, 2.05) is 42.5 Å². The van der Waals surface area contributed by atoms with Gasteiger partial charge in [-0.25, -0.2) is 10.2 Å². The Morgan fingerprint density at radius 2 is 1.89 bits per heavy atom. The minimum atomic E-state index is -0.580. The first kappa shape index (κ1) is 21.8. The Kier molecular flexibility index (Phi) is 5.41. The van der Waals surface area contributed by atoms with E-state index in [1.165, 1.54) is 30.0 Å². The van der Waals surface area contributed by atoms with Crippen molar-refractivity contribution in [1.29, 1.82) is 0 Å². The van der Waals surface area contributed by atoms with Crippen molar-refractivity contribution in [1.82, 2.24) is 19.1 Å². The van der Waals surface area contributed by atoms with Gasteiger partial charge in [0.05, 0.1) is 17.7 Å². The summed E-state index contributed by atoms with van der Waals surface area (Å²) < 4.78 is 2.91. The first-order valence-electron chi connectivity index (χ1n) is 10.6. The molecule has 0 saturated carbocycles.